The third-order valence-electron chi connectivity index (χ3n) is 4.49. The molecule has 7 nitrogen and oxygen atoms in total. The van der Waals surface area contributed by atoms with Crippen LogP contribution in [0.5, 0.6) is 0 Å². The third-order valence-corrected chi connectivity index (χ3v) is 8.08. The number of thioether (sulfide) groups is 1. The third kappa shape index (κ3) is 4.29. The molecular formula is C16H20N4O3S3. The Morgan fingerprint density at radius 3 is 2.85 bits per heavy atom. The maximum Gasteiger partial charge on any atom is 0.230 e. The lowest BCUT2D eigenvalue weighted by atomic mass is 10.3. The molecule has 1 atom stereocenters. The van der Waals surface area contributed by atoms with E-state index < -0.39 is 9.84 Å². The Kier molecular flexibility index (Phi) is 5.07. The molecule has 2 aromatic rings. The Hall–Kier alpha value is -1.39. The Morgan fingerprint density at radius 2 is 2.19 bits per heavy atom. The molecule has 0 radical (unpaired) electrons. The van der Waals surface area contributed by atoms with Gasteiger partial charge in [-0.1, -0.05) is 17.8 Å². The van der Waals surface area contributed by atoms with Gasteiger partial charge >= 0.3 is 0 Å². The van der Waals surface area contributed by atoms with Gasteiger partial charge in [-0.15, -0.1) is 21.5 Å². The minimum Gasteiger partial charge on any atom is -0.352 e. The van der Waals surface area contributed by atoms with E-state index in [-0.39, 0.29) is 29.2 Å². The largest absolute Gasteiger partial charge is 0.352 e. The number of amides is 1. The molecule has 4 rings (SSSR count). The second-order valence-electron chi connectivity index (χ2n) is 6.71. The van der Waals surface area contributed by atoms with Crippen molar-refractivity contribution in [2.75, 3.05) is 17.3 Å². The SMILES string of the molecule is O=C(CSc1nnc(Cc2cccs2)n1C1CC1)N[C@@H]1CCS(=O)(=O)C1. The molecule has 0 unspecified atom stereocenters. The maximum absolute atomic E-state index is 12.2. The van der Waals surface area contributed by atoms with Crippen molar-refractivity contribution in [2.24, 2.45) is 0 Å². The fourth-order valence-corrected chi connectivity index (χ4v) is 6.31. The first-order valence-electron chi connectivity index (χ1n) is 8.59. The summed E-state index contributed by atoms with van der Waals surface area (Å²) in [6, 6.07) is 4.29. The van der Waals surface area contributed by atoms with Gasteiger partial charge in [0.25, 0.3) is 0 Å². The lowest BCUT2D eigenvalue weighted by Gasteiger charge is -2.11. The van der Waals surface area contributed by atoms with Crippen molar-refractivity contribution in [1.82, 2.24) is 20.1 Å². The first-order chi connectivity index (χ1) is 12.5. The molecule has 2 aliphatic rings. The Morgan fingerprint density at radius 1 is 1.35 bits per heavy atom. The van der Waals surface area contributed by atoms with Crippen molar-refractivity contribution in [3.8, 4) is 0 Å². The van der Waals surface area contributed by atoms with E-state index in [2.05, 4.69) is 31.5 Å². The van der Waals surface area contributed by atoms with Crippen LogP contribution < -0.4 is 5.32 Å². The predicted octanol–water partition coefficient (Wildman–Crippen LogP) is 1.66. The van der Waals surface area contributed by atoms with Crippen LogP contribution in [-0.4, -0.2) is 52.4 Å². The van der Waals surface area contributed by atoms with Gasteiger partial charge in [-0.3, -0.25) is 4.79 Å². The minimum absolute atomic E-state index is 0.0482. The first-order valence-corrected chi connectivity index (χ1v) is 12.3. The van der Waals surface area contributed by atoms with Gasteiger partial charge in [0.15, 0.2) is 15.0 Å². The van der Waals surface area contributed by atoms with Gasteiger partial charge < -0.3 is 9.88 Å². The zero-order valence-electron chi connectivity index (χ0n) is 14.1. The number of aromatic nitrogens is 3. The number of carbonyl (C=O) groups excluding carboxylic acids is 1. The molecule has 1 saturated carbocycles. The zero-order valence-corrected chi connectivity index (χ0v) is 16.6. The van der Waals surface area contributed by atoms with Crippen LogP contribution in [0.25, 0.3) is 0 Å². The highest BCUT2D eigenvalue weighted by Gasteiger charge is 2.31. The van der Waals surface area contributed by atoms with E-state index in [9.17, 15) is 13.2 Å². The molecule has 10 heteroatoms. The van der Waals surface area contributed by atoms with Crippen molar-refractivity contribution in [3.63, 3.8) is 0 Å². The molecule has 1 aliphatic heterocycles. The second kappa shape index (κ2) is 7.32. The number of carbonyl (C=O) groups is 1. The monoisotopic (exact) mass is 412 g/mol. The summed E-state index contributed by atoms with van der Waals surface area (Å²) in [4.78, 5) is 13.4. The van der Waals surface area contributed by atoms with E-state index >= 15 is 0 Å². The van der Waals surface area contributed by atoms with Crippen molar-refractivity contribution in [3.05, 3.63) is 28.2 Å². The standard InChI is InChI=1S/C16H20N4O3S3/c21-15(17-11-5-7-26(22,23)10-11)9-25-16-19-18-14(20(16)12-3-4-12)8-13-2-1-6-24-13/h1-2,6,11-12H,3-5,7-10H2,(H,17,21)/t11-/m1/s1. The van der Waals surface area contributed by atoms with E-state index in [0.717, 1.165) is 30.2 Å². The number of hydrogen-bond acceptors (Lipinski definition) is 7. The van der Waals surface area contributed by atoms with Gasteiger partial charge in [-0.05, 0) is 30.7 Å². The normalized spacial score (nSPS) is 21.8. The number of nitrogens with zero attached hydrogens (tertiary/aromatic N) is 3. The molecule has 3 heterocycles. The summed E-state index contributed by atoms with van der Waals surface area (Å²) in [5.41, 5.74) is 0. The van der Waals surface area contributed by atoms with Crippen LogP contribution in [0.1, 0.15) is 36.0 Å². The molecule has 26 heavy (non-hydrogen) atoms. The lowest BCUT2D eigenvalue weighted by Crippen LogP contribution is -2.36. The predicted molar refractivity (Wildman–Crippen MR) is 101 cm³/mol. The van der Waals surface area contributed by atoms with Crippen LogP contribution >= 0.6 is 23.1 Å². The van der Waals surface area contributed by atoms with E-state index in [1.807, 2.05) is 6.07 Å². The fraction of sp³-hybridized carbons (Fsp3) is 0.562. The van der Waals surface area contributed by atoms with Gasteiger partial charge in [0.1, 0.15) is 5.82 Å². The summed E-state index contributed by atoms with van der Waals surface area (Å²) in [5, 5.41) is 14.3. The number of thiophene rings is 1. The van der Waals surface area contributed by atoms with Gasteiger partial charge in [-0.2, -0.15) is 0 Å². The number of nitrogens with one attached hydrogen (secondary N) is 1. The highest BCUT2D eigenvalue weighted by Crippen LogP contribution is 2.39. The average molecular weight is 413 g/mol. The molecule has 1 amide bonds. The smallest absolute Gasteiger partial charge is 0.230 e. The molecule has 0 spiro atoms. The maximum atomic E-state index is 12.2. The van der Waals surface area contributed by atoms with Gasteiger partial charge in [0, 0.05) is 23.4 Å². The second-order valence-corrected chi connectivity index (χ2v) is 10.9. The van der Waals surface area contributed by atoms with E-state index in [4.69, 9.17) is 0 Å². The van der Waals surface area contributed by atoms with Gasteiger partial charge in [0.2, 0.25) is 5.91 Å². The fourth-order valence-electron chi connectivity index (χ4n) is 3.10. The van der Waals surface area contributed by atoms with Crippen LogP contribution in [0.15, 0.2) is 22.7 Å². The lowest BCUT2D eigenvalue weighted by molar-refractivity contribution is -0.119. The van der Waals surface area contributed by atoms with Gasteiger partial charge in [0.05, 0.1) is 17.3 Å². The Labute approximate surface area is 160 Å². The molecule has 2 aromatic heterocycles. The minimum atomic E-state index is -2.99. The molecular weight excluding hydrogens is 392 g/mol. The number of hydrogen-bond donors (Lipinski definition) is 1. The van der Waals surface area contributed by atoms with Crippen LogP contribution in [0, 0.1) is 0 Å². The van der Waals surface area contributed by atoms with E-state index in [0.29, 0.717) is 12.5 Å². The van der Waals surface area contributed by atoms with Crippen molar-refractivity contribution < 1.29 is 13.2 Å². The Balaban J connectivity index is 1.37. The quantitative estimate of drug-likeness (QED) is 0.695. The summed E-state index contributed by atoms with van der Waals surface area (Å²) >= 11 is 3.07. The molecule has 2 fully saturated rings. The van der Waals surface area contributed by atoms with Crippen molar-refractivity contribution in [2.45, 2.75) is 42.9 Å². The zero-order chi connectivity index (χ0) is 18.1. The highest BCUT2D eigenvalue weighted by atomic mass is 32.2. The Bertz CT molecular complexity index is 888. The molecule has 140 valence electrons. The van der Waals surface area contributed by atoms with Gasteiger partial charge in [-0.25, -0.2) is 8.42 Å². The topological polar surface area (TPSA) is 93.9 Å². The highest BCUT2D eigenvalue weighted by molar-refractivity contribution is 7.99. The van der Waals surface area contributed by atoms with Crippen LogP contribution in [0.3, 0.4) is 0 Å². The van der Waals surface area contributed by atoms with Crippen LogP contribution in [0.4, 0.5) is 0 Å². The number of rotatable bonds is 7. The number of sulfone groups is 1. The van der Waals surface area contributed by atoms with Crippen molar-refractivity contribution in [1.29, 1.82) is 0 Å². The summed E-state index contributed by atoms with van der Waals surface area (Å²) in [6.45, 7) is 0. The molecule has 1 aliphatic carbocycles. The summed E-state index contributed by atoms with van der Waals surface area (Å²) in [5.74, 6) is 1.22. The molecule has 0 bridgehead atoms. The summed E-state index contributed by atoms with van der Waals surface area (Å²) in [7, 11) is -2.99. The molecule has 0 aromatic carbocycles. The summed E-state index contributed by atoms with van der Waals surface area (Å²) < 4.78 is 25.1. The van der Waals surface area contributed by atoms with E-state index in [1.165, 1.54) is 16.6 Å². The van der Waals surface area contributed by atoms with Crippen LogP contribution in [-0.2, 0) is 21.1 Å². The first kappa shape index (κ1) is 18.0. The van der Waals surface area contributed by atoms with Crippen molar-refractivity contribution >= 4 is 38.8 Å². The molecule has 1 N–H and O–H groups in total. The molecule has 1 saturated heterocycles. The van der Waals surface area contributed by atoms with Crippen LogP contribution in [0.2, 0.25) is 0 Å². The van der Waals surface area contributed by atoms with E-state index in [1.54, 1.807) is 11.3 Å². The average Bonchev–Trinajstić information content (AvgIpc) is 2.99. The summed E-state index contributed by atoms with van der Waals surface area (Å²) in [6.07, 6.45) is 3.50.